The number of unbranched alkanes of at least 4 members (excludes halogenated alkanes) is 1. The molecule has 1 aliphatic rings. The summed E-state index contributed by atoms with van der Waals surface area (Å²) in [6.07, 6.45) is 1.39. The van der Waals surface area contributed by atoms with Crippen LogP contribution < -0.4 is 11.1 Å². The molecule has 4 aromatic carbocycles. The van der Waals surface area contributed by atoms with Crippen LogP contribution in [0, 0.1) is 17.8 Å². The SMILES string of the molecule is C[C@H](CC(=O)[C@@H]1Cc2ccc(O)c(c2)-c2cc(ccc2O)[C@H](N(C)C(=O)[C@H](CCCCN)CC(=O)c2ccc(-c3ccc(Cl)cc3)cc2)C(=O)C[C@@H](C)C(=O)N1)C(=O)CCC=O. The summed E-state index contributed by atoms with van der Waals surface area (Å²) in [5.41, 5.74) is 9.18. The van der Waals surface area contributed by atoms with E-state index in [1.807, 2.05) is 24.3 Å². The van der Waals surface area contributed by atoms with Gasteiger partial charge < -0.3 is 31.0 Å². The van der Waals surface area contributed by atoms with E-state index >= 15 is 0 Å². The first-order valence-corrected chi connectivity index (χ1v) is 21.3. The van der Waals surface area contributed by atoms with Crippen LogP contribution in [0.2, 0.25) is 5.02 Å². The molecule has 0 unspecified atom stereocenters. The summed E-state index contributed by atoms with van der Waals surface area (Å²) in [7, 11) is 1.47. The minimum atomic E-state index is -1.29. The quantitative estimate of drug-likeness (QED) is 0.0472. The molecule has 1 aliphatic heterocycles. The summed E-state index contributed by atoms with van der Waals surface area (Å²) in [5, 5.41) is 25.6. The van der Waals surface area contributed by atoms with Crippen LogP contribution in [0.5, 0.6) is 11.5 Å². The number of nitrogens with zero attached hydrogens (tertiary/aromatic N) is 1. The number of nitrogens with one attached hydrogen (secondary N) is 1. The Labute approximate surface area is 366 Å². The minimum absolute atomic E-state index is 0.0134. The highest BCUT2D eigenvalue weighted by atomic mass is 35.5. The molecule has 0 radical (unpaired) electrons. The van der Waals surface area contributed by atoms with E-state index < -0.39 is 53.2 Å². The molecule has 326 valence electrons. The van der Waals surface area contributed by atoms with E-state index in [-0.39, 0.29) is 72.7 Å². The molecule has 0 fully saturated rings. The summed E-state index contributed by atoms with van der Waals surface area (Å²) in [6, 6.07) is 20.9. The lowest BCUT2D eigenvalue weighted by atomic mass is 9.87. The maximum atomic E-state index is 14.6. The largest absolute Gasteiger partial charge is 0.507 e. The monoisotopic (exact) mass is 863 g/mol. The fraction of sp³-hybridized carbons (Fsp3) is 0.367. The molecular weight excluding hydrogens is 810 g/mol. The molecule has 13 heteroatoms. The van der Waals surface area contributed by atoms with Crippen LogP contribution >= 0.6 is 11.6 Å². The van der Waals surface area contributed by atoms with E-state index in [4.69, 9.17) is 17.3 Å². The molecule has 1 heterocycles. The van der Waals surface area contributed by atoms with Crippen molar-refractivity contribution < 1.29 is 43.8 Å². The molecule has 5 rings (SSSR count). The van der Waals surface area contributed by atoms with E-state index in [2.05, 4.69) is 5.32 Å². The van der Waals surface area contributed by atoms with Crippen molar-refractivity contribution in [2.75, 3.05) is 13.6 Å². The van der Waals surface area contributed by atoms with Gasteiger partial charge in [-0.15, -0.1) is 0 Å². The number of rotatable bonds is 17. The fourth-order valence-electron chi connectivity index (χ4n) is 7.89. The molecule has 12 nitrogen and oxygen atoms in total. The number of phenolic OH excluding ortho intramolecular Hbond substituents is 2. The molecule has 5 N–H and O–H groups in total. The third-order valence-electron chi connectivity index (χ3n) is 11.6. The number of nitrogens with two attached hydrogens (primary N) is 1. The lowest BCUT2D eigenvalue weighted by Crippen LogP contribution is -2.46. The maximum absolute atomic E-state index is 14.6. The van der Waals surface area contributed by atoms with Crippen molar-refractivity contribution in [2.24, 2.45) is 23.5 Å². The molecule has 0 saturated carbocycles. The van der Waals surface area contributed by atoms with Crippen molar-refractivity contribution in [3.63, 3.8) is 0 Å². The number of amides is 2. The molecule has 0 aromatic heterocycles. The number of Topliss-reactive ketones (excluding diaryl/α,β-unsaturated/α-hetero) is 4. The Balaban J connectivity index is 1.48. The second-order valence-corrected chi connectivity index (χ2v) is 16.7. The van der Waals surface area contributed by atoms with Crippen LogP contribution in [-0.4, -0.2) is 76.0 Å². The lowest BCUT2D eigenvalue weighted by molar-refractivity contribution is -0.142. The zero-order valence-electron chi connectivity index (χ0n) is 35.3. The molecule has 4 bridgehead atoms. The van der Waals surface area contributed by atoms with Gasteiger partial charge in [-0.25, -0.2) is 0 Å². The van der Waals surface area contributed by atoms with Crippen LogP contribution in [0.3, 0.4) is 0 Å². The molecule has 62 heavy (non-hydrogen) atoms. The molecule has 4 aromatic rings. The van der Waals surface area contributed by atoms with Gasteiger partial charge in [0.1, 0.15) is 29.6 Å². The van der Waals surface area contributed by atoms with Crippen LogP contribution in [0.15, 0.2) is 84.9 Å². The Morgan fingerprint density at radius 2 is 1.50 bits per heavy atom. The van der Waals surface area contributed by atoms with Crippen LogP contribution in [0.4, 0.5) is 0 Å². The van der Waals surface area contributed by atoms with Crippen molar-refractivity contribution >= 4 is 52.8 Å². The first-order valence-electron chi connectivity index (χ1n) is 20.9. The maximum Gasteiger partial charge on any atom is 0.226 e. The number of ketones is 4. The van der Waals surface area contributed by atoms with Crippen molar-refractivity contribution in [3.8, 4) is 33.8 Å². The number of carbonyl (C=O) groups is 7. The molecule has 0 aliphatic carbocycles. The van der Waals surface area contributed by atoms with Gasteiger partial charge in [-0.3, -0.25) is 28.8 Å². The predicted octanol–water partition coefficient (Wildman–Crippen LogP) is 7.38. The minimum Gasteiger partial charge on any atom is -0.507 e. The van der Waals surface area contributed by atoms with Gasteiger partial charge in [-0.05, 0) is 84.5 Å². The molecule has 0 spiro atoms. The number of benzene rings is 4. The van der Waals surface area contributed by atoms with Crippen LogP contribution in [-0.2, 0) is 35.2 Å². The summed E-state index contributed by atoms with van der Waals surface area (Å²) >= 11 is 6.05. The number of hydrogen-bond acceptors (Lipinski definition) is 10. The van der Waals surface area contributed by atoms with Gasteiger partial charge in [0.25, 0.3) is 0 Å². The summed E-state index contributed by atoms with van der Waals surface area (Å²) < 4.78 is 0. The number of hydrogen-bond donors (Lipinski definition) is 4. The van der Waals surface area contributed by atoms with Gasteiger partial charge in [0.15, 0.2) is 17.3 Å². The van der Waals surface area contributed by atoms with Crippen molar-refractivity contribution in [1.29, 1.82) is 0 Å². The Bertz CT molecular complexity index is 2290. The van der Waals surface area contributed by atoms with Gasteiger partial charge in [-0.2, -0.15) is 0 Å². The highest BCUT2D eigenvalue weighted by Crippen LogP contribution is 2.40. The summed E-state index contributed by atoms with van der Waals surface area (Å²) in [4.78, 5) is 95.3. The fourth-order valence-corrected chi connectivity index (χ4v) is 8.02. The standard InChI is InChI=1S/C49H54ClN3O9/c1-29(41(55)8-6-22-54)23-45(59)40-26-31-9-19-42(56)38(25-31)39-27-35(16-20-43(39)57)47(46(60)24-30(2)48(61)52-40)53(3)49(62)36(7-4-5-21-51)28-44(58)34-12-10-32(11-13-34)33-14-17-37(50)18-15-33/h9-20,22,25,27,29-30,36,40,47,56-57H,4-8,21,23-24,26,28,51H2,1-3H3,(H,52,61)/t29-,30-,36-,40+,47+/m1/s1. The molecule has 5 atom stereocenters. The predicted molar refractivity (Wildman–Crippen MR) is 236 cm³/mol. The second kappa shape index (κ2) is 21.7. The van der Waals surface area contributed by atoms with E-state index in [9.17, 15) is 43.8 Å². The van der Waals surface area contributed by atoms with Gasteiger partial charge in [-0.1, -0.05) is 80.4 Å². The van der Waals surface area contributed by atoms with Gasteiger partial charge in [0, 0.05) is 78.6 Å². The van der Waals surface area contributed by atoms with Gasteiger partial charge in [0.05, 0.1) is 6.04 Å². The zero-order chi connectivity index (χ0) is 45.1. The highest BCUT2D eigenvalue weighted by molar-refractivity contribution is 6.30. The normalized spacial score (nSPS) is 17.5. The Kier molecular flexibility index (Phi) is 16.5. The molecule has 0 saturated heterocycles. The van der Waals surface area contributed by atoms with Gasteiger partial charge in [0.2, 0.25) is 11.8 Å². The molecule has 2 amide bonds. The van der Waals surface area contributed by atoms with Crippen LogP contribution in [0.1, 0.15) is 92.7 Å². The van der Waals surface area contributed by atoms with Crippen molar-refractivity contribution in [2.45, 2.75) is 83.7 Å². The average molecular weight is 864 g/mol. The topological polar surface area (TPSA) is 201 Å². The number of halogens is 1. The van der Waals surface area contributed by atoms with E-state index in [1.165, 1.54) is 36.2 Å². The smallest absolute Gasteiger partial charge is 0.226 e. The third-order valence-corrected chi connectivity index (χ3v) is 11.8. The molecular formula is C49H54ClN3O9. The zero-order valence-corrected chi connectivity index (χ0v) is 36.0. The van der Waals surface area contributed by atoms with Crippen LogP contribution in [0.25, 0.3) is 22.3 Å². The van der Waals surface area contributed by atoms with Crippen molar-refractivity contribution in [3.05, 3.63) is 107 Å². The van der Waals surface area contributed by atoms with Gasteiger partial charge >= 0.3 is 0 Å². The number of aromatic hydroxyl groups is 2. The van der Waals surface area contributed by atoms with Crippen molar-refractivity contribution in [1.82, 2.24) is 10.2 Å². The van der Waals surface area contributed by atoms with E-state index in [0.717, 1.165) is 11.1 Å². The Hall–Kier alpha value is -5.98. The number of likely N-dealkylation sites (N-methyl/N-ethyl adjacent to an activating group) is 1. The number of aldehydes is 1. The highest BCUT2D eigenvalue weighted by Gasteiger charge is 2.36. The lowest BCUT2D eigenvalue weighted by Gasteiger charge is -2.32. The average Bonchev–Trinajstić information content (AvgIpc) is 3.25. The Morgan fingerprint density at radius 3 is 2.15 bits per heavy atom. The summed E-state index contributed by atoms with van der Waals surface area (Å²) in [6.45, 7) is 3.51. The van der Waals surface area contributed by atoms with E-state index in [1.54, 1.807) is 50.2 Å². The second-order valence-electron chi connectivity index (χ2n) is 16.3. The Morgan fingerprint density at radius 1 is 0.871 bits per heavy atom. The number of fused-ring (bicyclic) bond motifs is 5. The number of phenols is 2. The third kappa shape index (κ3) is 11.9. The number of carbonyl (C=O) groups excluding carboxylic acids is 7. The first-order chi connectivity index (χ1) is 29.6. The first kappa shape index (κ1) is 47.1. The van der Waals surface area contributed by atoms with E-state index in [0.29, 0.717) is 53.8 Å². The summed E-state index contributed by atoms with van der Waals surface area (Å²) in [5.74, 6) is -5.52.